The summed E-state index contributed by atoms with van der Waals surface area (Å²) in [7, 11) is 0. The lowest BCUT2D eigenvalue weighted by molar-refractivity contribution is 0.200. The standard InChI is InChI=1S/C14H12FNO/c15-11-7-4-8-12-14(11)17-13(9-16-12)10-5-2-1-3-6-10/h1-8,13,16H,9H2. The summed E-state index contributed by atoms with van der Waals surface area (Å²) < 4.78 is 19.3. The fourth-order valence-electron chi connectivity index (χ4n) is 2.01. The second-order valence-corrected chi connectivity index (χ2v) is 4.01. The molecule has 1 unspecified atom stereocenters. The van der Waals surface area contributed by atoms with Crippen molar-refractivity contribution in [2.45, 2.75) is 6.10 Å². The number of fused-ring (bicyclic) bond motifs is 1. The highest BCUT2D eigenvalue weighted by Gasteiger charge is 2.22. The first-order chi connectivity index (χ1) is 8.34. The molecule has 0 aromatic heterocycles. The zero-order valence-corrected chi connectivity index (χ0v) is 9.19. The van der Waals surface area contributed by atoms with Gasteiger partial charge in [-0.1, -0.05) is 36.4 Å². The highest BCUT2D eigenvalue weighted by molar-refractivity contribution is 5.58. The number of hydrogen-bond donors (Lipinski definition) is 1. The maximum absolute atomic E-state index is 13.6. The lowest BCUT2D eigenvalue weighted by atomic mass is 10.1. The number of rotatable bonds is 1. The topological polar surface area (TPSA) is 21.3 Å². The van der Waals surface area contributed by atoms with Crippen molar-refractivity contribution in [1.29, 1.82) is 0 Å². The average molecular weight is 229 g/mol. The highest BCUT2D eigenvalue weighted by Crippen LogP contribution is 2.35. The van der Waals surface area contributed by atoms with Gasteiger partial charge in [0.1, 0.15) is 6.10 Å². The van der Waals surface area contributed by atoms with Gasteiger partial charge in [-0.2, -0.15) is 0 Å². The molecule has 1 aliphatic rings. The van der Waals surface area contributed by atoms with E-state index in [1.54, 1.807) is 6.07 Å². The van der Waals surface area contributed by atoms with E-state index in [0.717, 1.165) is 11.3 Å². The third kappa shape index (κ3) is 1.84. The Balaban J connectivity index is 1.93. The quantitative estimate of drug-likeness (QED) is 0.809. The van der Waals surface area contributed by atoms with Crippen LogP contribution in [0.25, 0.3) is 0 Å². The zero-order chi connectivity index (χ0) is 11.7. The average Bonchev–Trinajstić information content (AvgIpc) is 2.40. The van der Waals surface area contributed by atoms with E-state index in [2.05, 4.69) is 5.32 Å². The van der Waals surface area contributed by atoms with Crippen molar-refractivity contribution in [2.24, 2.45) is 0 Å². The van der Waals surface area contributed by atoms with E-state index in [-0.39, 0.29) is 11.9 Å². The van der Waals surface area contributed by atoms with Crippen LogP contribution in [0.5, 0.6) is 5.75 Å². The van der Waals surface area contributed by atoms with Crippen molar-refractivity contribution < 1.29 is 9.13 Å². The molecule has 2 nitrogen and oxygen atoms in total. The van der Waals surface area contributed by atoms with Gasteiger partial charge < -0.3 is 10.1 Å². The second kappa shape index (κ2) is 4.09. The second-order valence-electron chi connectivity index (χ2n) is 4.01. The van der Waals surface area contributed by atoms with Gasteiger partial charge in [0.05, 0.1) is 12.2 Å². The lowest BCUT2D eigenvalue weighted by Gasteiger charge is -2.27. The Morgan fingerprint density at radius 2 is 1.88 bits per heavy atom. The van der Waals surface area contributed by atoms with Crippen LogP contribution in [0.4, 0.5) is 10.1 Å². The molecule has 3 heteroatoms. The van der Waals surface area contributed by atoms with Crippen LogP contribution >= 0.6 is 0 Å². The SMILES string of the molecule is Fc1cccc2c1OC(c1ccccc1)CN2. The van der Waals surface area contributed by atoms with Gasteiger partial charge in [0.25, 0.3) is 0 Å². The molecule has 1 heterocycles. The molecule has 1 N–H and O–H groups in total. The number of nitrogens with one attached hydrogen (secondary N) is 1. The largest absolute Gasteiger partial charge is 0.479 e. The molecule has 0 saturated heterocycles. The molecule has 0 aliphatic carbocycles. The Morgan fingerprint density at radius 1 is 1.06 bits per heavy atom. The van der Waals surface area contributed by atoms with Gasteiger partial charge in [-0.3, -0.25) is 0 Å². The molecular formula is C14H12FNO. The minimum atomic E-state index is -0.323. The number of para-hydroxylation sites is 1. The predicted octanol–water partition coefficient (Wildman–Crippen LogP) is 3.37. The third-order valence-electron chi connectivity index (χ3n) is 2.88. The molecule has 3 rings (SSSR count). The molecule has 2 aromatic rings. The summed E-state index contributed by atoms with van der Waals surface area (Å²) >= 11 is 0. The Morgan fingerprint density at radius 3 is 2.71 bits per heavy atom. The van der Waals surface area contributed by atoms with Crippen molar-refractivity contribution in [2.75, 3.05) is 11.9 Å². The lowest BCUT2D eigenvalue weighted by Crippen LogP contribution is -2.24. The summed E-state index contributed by atoms with van der Waals surface area (Å²) in [6.07, 6.45) is -0.138. The maximum Gasteiger partial charge on any atom is 0.179 e. The fraction of sp³-hybridized carbons (Fsp3) is 0.143. The summed E-state index contributed by atoms with van der Waals surface area (Å²) in [5.74, 6) is -0.0109. The molecule has 17 heavy (non-hydrogen) atoms. The third-order valence-corrected chi connectivity index (χ3v) is 2.88. The van der Waals surface area contributed by atoms with Gasteiger partial charge in [0.15, 0.2) is 11.6 Å². The van der Waals surface area contributed by atoms with E-state index in [1.807, 2.05) is 36.4 Å². The molecule has 0 bridgehead atoms. The Labute approximate surface area is 99.0 Å². The normalized spacial score (nSPS) is 17.8. The molecular weight excluding hydrogens is 217 g/mol. The summed E-state index contributed by atoms with van der Waals surface area (Å²) in [5.41, 5.74) is 1.77. The van der Waals surface area contributed by atoms with Crippen LogP contribution in [0, 0.1) is 5.82 Å². The van der Waals surface area contributed by atoms with E-state index in [4.69, 9.17) is 4.74 Å². The molecule has 86 valence electrons. The van der Waals surface area contributed by atoms with Crippen LogP contribution in [0.2, 0.25) is 0 Å². The first-order valence-electron chi connectivity index (χ1n) is 5.58. The molecule has 2 aromatic carbocycles. The van der Waals surface area contributed by atoms with Gasteiger partial charge in [-0.15, -0.1) is 0 Å². The number of halogens is 1. The number of anilines is 1. The van der Waals surface area contributed by atoms with Gasteiger partial charge in [0.2, 0.25) is 0 Å². The molecule has 0 radical (unpaired) electrons. The summed E-state index contributed by atoms with van der Waals surface area (Å²) in [5, 5.41) is 3.19. The number of benzene rings is 2. The maximum atomic E-state index is 13.6. The van der Waals surface area contributed by atoms with E-state index >= 15 is 0 Å². The Bertz CT molecular complexity index is 527. The Kier molecular flexibility index (Phi) is 2.44. The first kappa shape index (κ1) is 10.1. The minimum absolute atomic E-state index is 0.138. The van der Waals surface area contributed by atoms with Gasteiger partial charge in [-0.25, -0.2) is 4.39 Å². The minimum Gasteiger partial charge on any atom is -0.479 e. The van der Waals surface area contributed by atoms with Crippen LogP contribution in [0.1, 0.15) is 11.7 Å². The van der Waals surface area contributed by atoms with Crippen LogP contribution in [-0.2, 0) is 0 Å². The van der Waals surface area contributed by atoms with E-state index in [9.17, 15) is 4.39 Å². The molecule has 1 aliphatic heterocycles. The van der Waals surface area contributed by atoms with Crippen LogP contribution in [0.3, 0.4) is 0 Å². The van der Waals surface area contributed by atoms with Gasteiger partial charge in [0, 0.05) is 0 Å². The van der Waals surface area contributed by atoms with Crippen molar-refractivity contribution in [3.05, 3.63) is 59.9 Å². The summed E-state index contributed by atoms with van der Waals surface area (Å²) in [6, 6.07) is 14.7. The van der Waals surface area contributed by atoms with E-state index < -0.39 is 0 Å². The van der Waals surface area contributed by atoms with Crippen molar-refractivity contribution >= 4 is 5.69 Å². The summed E-state index contributed by atoms with van der Waals surface area (Å²) in [6.45, 7) is 0.653. The van der Waals surface area contributed by atoms with Crippen molar-refractivity contribution in [3.8, 4) is 5.75 Å². The molecule has 0 saturated carbocycles. The van der Waals surface area contributed by atoms with Crippen LogP contribution < -0.4 is 10.1 Å². The highest BCUT2D eigenvalue weighted by atomic mass is 19.1. The predicted molar refractivity (Wildman–Crippen MR) is 64.7 cm³/mol. The van der Waals surface area contributed by atoms with Crippen LogP contribution in [-0.4, -0.2) is 6.54 Å². The van der Waals surface area contributed by atoms with Gasteiger partial charge in [-0.05, 0) is 17.7 Å². The monoisotopic (exact) mass is 229 g/mol. The van der Waals surface area contributed by atoms with Crippen LogP contribution in [0.15, 0.2) is 48.5 Å². The molecule has 0 amide bonds. The molecule has 1 atom stereocenters. The smallest absolute Gasteiger partial charge is 0.179 e. The summed E-state index contributed by atoms with van der Waals surface area (Å²) in [4.78, 5) is 0. The molecule has 0 spiro atoms. The number of hydrogen-bond acceptors (Lipinski definition) is 2. The van der Waals surface area contributed by atoms with Crippen molar-refractivity contribution in [1.82, 2.24) is 0 Å². The van der Waals surface area contributed by atoms with E-state index in [0.29, 0.717) is 12.3 Å². The number of ether oxygens (including phenoxy) is 1. The van der Waals surface area contributed by atoms with E-state index in [1.165, 1.54) is 6.07 Å². The first-order valence-corrected chi connectivity index (χ1v) is 5.58. The van der Waals surface area contributed by atoms with Crippen molar-refractivity contribution in [3.63, 3.8) is 0 Å². The zero-order valence-electron chi connectivity index (χ0n) is 9.19. The van der Waals surface area contributed by atoms with Gasteiger partial charge >= 0.3 is 0 Å². The fourth-order valence-corrected chi connectivity index (χ4v) is 2.01. The Hall–Kier alpha value is -2.03. The molecule has 0 fully saturated rings.